The molecule has 4 N–H and O–H groups in total. The molecule has 1 amide bonds. The number of hydrogen-bond acceptors (Lipinski definition) is 5. The van der Waals surface area contributed by atoms with Crippen LogP contribution in [-0.2, 0) is 32.5 Å². The van der Waals surface area contributed by atoms with Crippen LogP contribution in [0.5, 0.6) is 5.75 Å². The minimum absolute atomic E-state index is 0.0276. The number of phenols is 1. The summed E-state index contributed by atoms with van der Waals surface area (Å²) in [6, 6.07) is 9.00. The first kappa shape index (κ1) is 27.4. The van der Waals surface area contributed by atoms with E-state index < -0.39 is 11.5 Å². The van der Waals surface area contributed by atoms with Crippen molar-refractivity contribution in [3.63, 3.8) is 0 Å². The second kappa shape index (κ2) is 9.36. The van der Waals surface area contributed by atoms with Crippen molar-refractivity contribution < 1.29 is 19.4 Å². The topological polar surface area (TPSA) is 117 Å². The van der Waals surface area contributed by atoms with Crippen LogP contribution in [-0.4, -0.2) is 41.2 Å². The fourth-order valence-corrected chi connectivity index (χ4v) is 4.86. The number of carbonyl (C=O) groups excluding carboxylic acids is 2. The number of nitrogens with zero attached hydrogens (tertiary/aromatic N) is 1. The van der Waals surface area contributed by atoms with Gasteiger partial charge in [-0.05, 0) is 46.6 Å². The number of aromatic hydroxyl groups is 1. The van der Waals surface area contributed by atoms with E-state index in [0.717, 1.165) is 16.7 Å². The van der Waals surface area contributed by atoms with Gasteiger partial charge in [-0.25, -0.2) is 0 Å². The number of ether oxygens (including phenoxy) is 1. The van der Waals surface area contributed by atoms with Gasteiger partial charge in [-0.15, -0.1) is 0 Å². The Morgan fingerprint density at radius 3 is 2.06 bits per heavy atom. The van der Waals surface area contributed by atoms with Gasteiger partial charge in [0, 0.05) is 35.9 Å². The van der Waals surface area contributed by atoms with Crippen LogP contribution >= 0.6 is 0 Å². The van der Waals surface area contributed by atoms with Gasteiger partial charge in [0.15, 0.2) is 11.4 Å². The first-order valence-corrected chi connectivity index (χ1v) is 12.3. The van der Waals surface area contributed by atoms with Gasteiger partial charge in [0.25, 0.3) is 5.91 Å². The van der Waals surface area contributed by atoms with Gasteiger partial charge >= 0.3 is 0 Å². The number of amidine groups is 1. The Balaban J connectivity index is 1.94. The lowest BCUT2D eigenvalue weighted by molar-refractivity contribution is -0.141. The summed E-state index contributed by atoms with van der Waals surface area (Å²) < 4.78 is 5.53. The van der Waals surface area contributed by atoms with Crippen molar-refractivity contribution in [2.45, 2.75) is 77.9 Å². The summed E-state index contributed by atoms with van der Waals surface area (Å²) in [5.41, 5.74) is 7.84. The molecule has 1 aliphatic rings. The smallest absolute Gasteiger partial charge is 0.254 e. The Labute approximate surface area is 214 Å². The van der Waals surface area contributed by atoms with Gasteiger partial charge in [-0.2, -0.15) is 0 Å². The van der Waals surface area contributed by atoms with Crippen LogP contribution in [0.15, 0.2) is 30.3 Å². The number of Topliss-reactive ketones (excluding diaryl/α,β-unsaturated/α-hetero) is 1. The van der Waals surface area contributed by atoms with Gasteiger partial charge in [0.2, 0.25) is 0 Å². The number of primary amides is 1. The van der Waals surface area contributed by atoms with E-state index in [2.05, 4.69) is 0 Å². The maximum atomic E-state index is 13.5. The molecule has 2 aromatic rings. The predicted octanol–water partition coefficient (Wildman–Crippen LogP) is 4.75. The lowest BCUT2D eigenvalue weighted by Crippen LogP contribution is -2.42. The molecular formula is C29H39N3O4. The van der Waals surface area contributed by atoms with Crippen molar-refractivity contribution in [2.75, 3.05) is 13.7 Å². The van der Waals surface area contributed by atoms with Crippen LogP contribution in [0.25, 0.3) is 0 Å². The summed E-state index contributed by atoms with van der Waals surface area (Å²) >= 11 is 0. The van der Waals surface area contributed by atoms with Crippen molar-refractivity contribution in [3.8, 4) is 5.75 Å². The predicted molar refractivity (Wildman–Crippen MR) is 142 cm³/mol. The molecule has 0 aromatic heterocycles. The third-order valence-electron chi connectivity index (χ3n) is 7.14. The highest BCUT2D eigenvalue weighted by Gasteiger charge is 2.38. The number of hydrogen-bond donors (Lipinski definition) is 3. The highest BCUT2D eigenvalue weighted by atomic mass is 16.5. The minimum Gasteiger partial charge on any atom is -0.507 e. The molecule has 1 heterocycles. The van der Waals surface area contributed by atoms with E-state index in [1.54, 1.807) is 29.2 Å². The molecule has 0 aliphatic carbocycles. The zero-order valence-electron chi connectivity index (χ0n) is 22.7. The molecule has 0 radical (unpaired) electrons. The van der Waals surface area contributed by atoms with Crippen LogP contribution in [0, 0.1) is 5.41 Å². The Morgan fingerprint density at radius 2 is 1.61 bits per heavy atom. The number of fused-ring (bicyclic) bond motifs is 1. The molecular weight excluding hydrogens is 454 g/mol. The van der Waals surface area contributed by atoms with E-state index in [-0.39, 0.29) is 34.7 Å². The lowest BCUT2D eigenvalue weighted by atomic mass is 9.78. The molecule has 7 heteroatoms. The van der Waals surface area contributed by atoms with Crippen LogP contribution < -0.4 is 5.73 Å². The highest BCUT2D eigenvalue weighted by Crippen LogP contribution is 2.40. The van der Waals surface area contributed by atoms with E-state index in [1.165, 1.54) is 7.11 Å². The molecule has 1 atom stereocenters. The Hall–Kier alpha value is -3.19. The van der Waals surface area contributed by atoms with E-state index in [1.807, 2.05) is 54.5 Å². The molecule has 1 aliphatic heterocycles. The Kier molecular flexibility index (Phi) is 7.12. The fourth-order valence-electron chi connectivity index (χ4n) is 4.86. The third-order valence-corrected chi connectivity index (χ3v) is 7.14. The quantitative estimate of drug-likeness (QED) is 0.481. The molecule has 0 bridgehead atoms. The molecule has 2 aromatic carbocycles. The molecule has 3 rings (SSSR count). The Morgan fingerprint density at radius 1 is 1.06 bits per heavy atom. The van der Waals surface area contributed by atoms with E-state index in [0.29, 0.717) is 29.7 Å². The van der Waals surface area contributed by atoms with Gasteiger partial charge in [0.1, 0.15) is 11.6 Å². The second-order valence-corrected chi connectivity index (χ2v) is 11.7. The molecule has 36 heavy (non-hydrogen) atoms. The van der Waals surface area contributed by atoms with Crippen molar-refractivity contribution in [3.05, 3.63) is 63.7 Å². The maximum absolute atomic E-state index is 13.5. The zero-order chi connectivity index (χ0) is 27.2. The van der Waals surface area contributed by atoms with Crippen molar-refractivity contribution in [2.24, 2.45) is 5.73 Å². The molecule has 0 fully saturated rings. The number of amides is 1. The van der Waals surface area contributed by atoms with Crippen LogP contribution in [0.3, 0.4) is 0 Å². The van der Waals surface area contributed by atoms with E-state index >= 15 is 0 Å². The number of carbonyl (C=O) groups is 2. The SMILES string of the molecule is CCC(OC)(C(N)=O)c1ccc2c(c1)C(=N)N(CC(=O)c1cc(C(C)(C)C)c(O)c(C(C)(C)C)c1)C2. The largest absolute Gasteiger partial charge is 0.507 e. The average molecular weight is 494 g/mol. The molecule has 0 spiro atoms. The highest BCUT2D eigenvalue weighted by molar-refractivity contribution is 6.05. The molecule has 0 saturated heterocycles. The zero-order valence-corrected chi connectivity index (χ0v) is 22.7. The van der Waals surface area contributed by atoms with Crippen molar-refractivity contribution in [1.82, 2.24) is 4.90 Å². The van der Waals surface area contributed by atoms with Crippen molar-refractivity contribution in [1.29, 1.82) is 5.41 Å². The number of nitrogens with two attached hydrogens (primary N) is 1. The number of nitrogens with one attached hydrogen (secondary N) is 1. The number of phenolic OH excluding ortho intramolecular Hbond substituents is 1. The fraction of sp³-hybridized carbons (Fsp3) is 0.483. The van der Waals surface area contributed by atoms with Crippen LogP contribution in [0.4, 0.5) is 0 Å². The summed E-state index contributed by atoms with van der Waals surface area (Å²) in [5.74, 6) is -0.259. The van der Waals surface area contributed by atoms with Crippen LogP contribution in [0.1, 0.15) is 93.1 Å². The van der Waals surface area contributed by atoms with E-state index in [4.69, 9.17) is 15.9 Å². The summed E-state index contributed by atoms with van der Waals surface area (Å²) in [4.78, 5) is 27.4. The third kappa shape index (κ3) is 4.76. The molecule has 1 unspecified atom stereocenters. The van der Waals surface area contributed by atoms with E-state index in [9.17, 15) is 14.7 Å². The molecule has 194 valence electrons. The summed E-state index contributed by atoms with van der Waals surface area (Å²) in [7, 11) is 1.45. The first-order chi connectivity index (χ1) is 16.6. The number of benzene rings is 2. The standard InChI is InChI=1S/C29H39N3O4/c1-9-29(36-8,26(31)35)19-11-10-17-15-32(25(30)20(17)14-19)16-23(33)18-12-21(27(2,3)4)24(34)22(13-18)28(5,6)7/h10-14,30,34H,9,15-16H2,1-8H3,(H2,31,35). The molecule has 0 saturated carbocycles. The summed E-state index contributed by atoms with van der Waals surface area (Å²) in [6.45, 7) is 14.3. The first-order valence-electron chi connectivity index (χ1n) is 12.3. The summed E-state index contributed by atoms with van der Waals surface area (Å²) in [6.07, 6.45) is 0.361. The minimum atomic E-state index is -1.27. The van der Waals surface area contributed by atoms with Crippen molar-refractivity contribution >= 4 is 17.5 Å². The monoisotopic (exact) mass is 493 g/mol. The summed E-state index contributed by atoms with van der Waals surface area (Å²) in [5, 5.41) is 19.7. The van der Waals surface area contributed by atoms with Gasteiger partial charge < -0.3 is 20.5 Å². The van der Waals surface area contributed by atoms with Gasteiger partial charge in [-0.1, -0.05) is 60.6 Å². The Bertz CT molecular complexity index is 1180. The van der Waals surface area contributed by atoms with Gasteiger partial charge in [0.05, 0.1) is 6.54 Å². The van der Waals surface area contributed by atoms with Crippen LogP contribution in [0.2, 0.25) is 0 Å². The normalized spacial score (nSPS) is 15.6. The number of methoxy groups -OCH3 is 1. The maximum Gasteiger partial charge on any atom is 0.254 e. The average Bonchev–Trinajstić information content (AvgIpc) is 3.08. The molecule has 7 nitrogen and oxygen atoms in total. The number of ketones is 1. The van der Waals surface area contributed by atoms with Gasteiger partial charge in [-0.3, -0.25) is 15.0 Å². The lowest BCUT2D eigenvalue weighted by Gasteiger charge is -2.28. The number of rotatable bonds is 7. The second-order valence-electron chi connectivity index (χ2n) is 11.7.